The number of amides is 1. The number of anilines is 2. The summed E-state index contributed by atoms with van der Waals surface area (Å²) in [7, 11) is 1.92. The minimum Gasteiger partial charge on any atom is -0.548 e. The van der Waals surface area contributed by atoms with Crippen LogP contribution in [-0.2, 0) is 4.79 Å². The first kappa shape index (κ1) is 26.9. The number of hydrogen-bond acceptors (Lipinski definition) is 5. The molecule has 1 atom stereocenters. The Kier molecular flexibility index (Phi) is 10.4. The number of carbonyl (C=O) groups is 2. The molecule has 6 nitrogen and oxygen atoms in total. The van der Waals surface area contributed by atoms with Crippen LogP contribution in [0, 0.1) is 0 Å². The molecule has 0 aliphatic carbocycles. The summed E-state index contributed by atoms with van der Waals surface area (Å²) in [5.41, 5.74) is 1.86. The van der Waals surface area contributed by atoms with E-state index in [0.717, 1.165) is 17.1 Å². The number of carbonyl (C=O) groups excluding carboxylic acids is 2. The van der Waals surface area contributed by atoms with Crippen molar-refractivity contribution < 1.29 is 44.3 Å². The van der Waals surface area contributed by atoms with Gasteiger partial charge in [-0.05, 0) is 48.4 Å². The number of pyridine rings is 1. The molecule has 0 fully saturated rings. The maximum Gasteiger partial charge on any atom is 1.00 e. The van der Waals surface area contributed by atoms with E-state index in [1.54, 1.807) is 24.4 Å². The zero-order chi connectivity index (χ0) is 23.1. The fraction of sp³-hybridized carbons (Fsp3) is 0.125. The van der Waals surface area contributed by atoms with Gasteiger partial charge in [0.25, 0.3) is 5.91 Å². The summed E-state index contributed by atoms with van der Waals surface area (Å²) in [6, 6.07) is 16.7. The van der Waals surface area contributed by atoms with Crippen molar-refractivity contribution in [2.45, 2.75) is 12.5 Å². The summed E-state index contributed by atoms with van der Waals surface area (Å²) >= 11 is 12.0. The van der Waals surface area contributed by atoms with Gasteiger partial charge in [-0.15, -0.1) is 0 Å². The maximum absolute atomic E-state index is 12.4. The first-order chi connectivity index (χ1) is 15.4. The number of halogens is 2. The van der Waals surface area contributed by atoms with Gasteiger partial charge in [0, 0.05) is 18.9 Å². The van der Waals surface area contributed by atoms with Crippen LogP contribution in [0.4, 0.5) is 11.5 Å². The predicted octanol–water partition coefficient (Wildman–Crippen LogP) is 1.11. The van der Waals surface area contributed by atoms with Crippen LogP contribution in [0.1, 0.15) is 22.3 Å². The van der Waals surface area contributed by atoms with Gasteiger partial charge in [-0.1, -0.05) is 59.6 Å². The Balaban J connectivity index is 0.00000385. The molecular formula is C24H20Cl2N3NaO3. The number of aromatic nitrogens is 1. The second kappa shape index (κ2) is 12.8. The Hall–Kier alpha value is -2.35. The van der Waals surface area contributed by atoms with Crippen LogP contribution in [0.15, 0.2) is 72.9 Å². The van der Waals surface area contributed by atoms with Crippen LogP contribution >= 0.6 is 23.2 Å². The Morgan fingerprint density at radius 1 is 1.06 bits per heavy atom. The molecule has 0 spiro atoms. The molecule has 1 aromatic heterocycles. The van der Waals surface area contributed by atoms with Crippen molar-refractivity contribution in [3.8, 4) is 0 Å². The molecule has 2 aromatic carbocycles. The molecule has 0 saturated heterocycles. The molecule has 0 aliphatic heterocycles. The number of benzene rings is 2. The van der Waals surface area contributed by atoms with Gasteiger partial charge >= 0.3 is 29.6 Å². The largest absolute Gasteiger partial charge is 1.00 e. The smallest absolute Gasteiger partial charge is 0.548 e. The number of carboxylic acid groups (broad SMARTS) is 1. The number of nitrogens with zero attached hydrogens (tertiary/aromatic N) is 2. The predicted molar refractivity (Wildman–Crippen MR) is 125 cm³/mol. The van der Waals surface area contributed by atoms with Crippen molar-refractivity contribution in [2.75, 3.05) is 11.9 Å². The molecule has 0 saturated carbocycles. The Labute approximate surface area is 224 Å². The molecule has 1 heterocycles. The van der Waals surface area contributed by atoms with Gasteiger partial charge in [-0.2, -0.15) is 0 Å². The van der Waals surface area contributed by atoms with E-state index in [4.69, 9.17) is 23.2 Å². The quantitative estimate of drug-likeness (QED) is 0.477. The van der Waals surface area contributed by atoms with Gasteiger partial charge in [0.05, 0.1) is 27.6 Å². The molecule has 1 unspecified atom stereocenters. The van der Waals surface area contributed by atoms with Gasteiger partial charge < -0.3 is 20.1 Å². The number of aliphatic carboxylic acids is 1. The summed E-state index contributed by atoms with van der Waals surface area (Å²) < 4.78 is 0. The summed E-state index contributed by atoms with van der Waals surface area (Å²) in [5, 5.41) is 14.2. The van der Waals surface area contributed by atoms with E-state index in [0.29, 0.717) is 0 Å². The average molecular weight is 492 g/mol. The molecule has 164 valence electrons. The summed E-state index contributed by atoms with van der Waals surface area (Å²) in [4.78, 5) is 30.2. The van der Waals surface area contributed by atoms with Gasteiger partial charge in [0.2, 0.25) is 0 Å². The fourth-order valence-corrected chi connectivity index (χ4v) is 3.56. The number of hydrogen-bond donors (Lipinski definition) is 1. The third-order valence-corrected chi connectivity index (χ3v) is 5.37. The fourth-order valence-electron chi connectivity index (χ4n) is 2.99. The third-order valence-electron chi connectivity index (χ3n) is 4.74. The zero-order valence-electron chi connectivity index (χ0n) is 18.2. The maximum atomic E-state index is 12.4. The van der Waals surface area contributed by atoms with Crippen molar-refractivity contribution in [3.63, 3.8) is 0 Å². The van der Waals surface area contributed by atoms with Crippen LogP contribution in [0.5, 0.6) is 0 Å². The molecule has 9 heteroatoms. The summed E-state index contributed by atoms with van der Waals surface area (Å²) in [6.07, 6.45) is 5.20. The standard InChI is InChI=1S/C24H21Cl2N3O3.Na/c1-29(21-10-2-3-15-27-21)17-13-11-16(12-14-17)6-4-9-20(24(31)32)28-23(30)22-18(25)7-5-8-19(22)26;/h2-8,10-15,20H,9H2,1H3,(H,28,30)(H,31,32);/q;+1/p-1/b6-4+;. The normalized spacial score (nSPS) is 11.5. The zero-order valence-corrected chi connectivity index (χ0v) is 21.7. The van der Waals surface area contributed by atoms with Gasteiger partial charge in [0.15, 0.2) is 0 Å². The van der Waals surface area contributed by atoms with Crippen LogP contribution < -0.4 is 44.9 Å². The Morgan fingerprint density at radius 3 is 2.30 bits per heavy atom. The number of nitrogens with one attached hydrogen (secondary N) is 1. The van der Waals surface area contributed by atoms with Crippen molar-refractivity contribution >= 4 is 52.7 Å². The monoisotopic (exact) mass is 491 g/mol. The van der Waals surface area contributed by atoms with Gasteiger partial charge in [-0.25, -0.2) is 4.98 Å². The molecule has 33 heavy (non-hydrogen) atoms. The van der Waals surface area contributed by atoms with E-state index in [9.17, 15) is 14.7 Å². The number of carboxylic acids is 1. The first-order valence-corrected chi connectivity index (χ1v) is 10.5. The first-order valence-electron chi connectivity index (χ1n) is 9.74. The van der Waals surface area contributed by atoms with E-state index in [1.165, 1.54) is 12.1 Å². The molecule has 0 bridgehead atoms. The van der Waals surface area contributed by atoms with Crippen molar-refractivity contribution in [1.82, 2.24) is 10.3 Å². The Bertz CT molecular complexity index is 1110. The van der Waals surface area contributed by atoms with E-state index in [1.807, 2.05) is 54.4 Å². The van der Waals surface area contributed by atoms with E-state index < -0.39 is 17.9 Å². The van der Waals surface area contributed by atoms with Crippen LogP contribution in [0.2, 0.25) is 10.0 Å². The van der Waals surface area contributed by atoms with Crippen LogP contribution in [0.25, 0.3) is 6.08 Å². The van der Waals surface area contributed by atoms with E-state index in [2.05, 4.69) is 10.3 Å². The van der Waals surface area contributed by atoms with Crippen molar-refractivity contribution in [1.29, 1.82) is 0 Å². The average Bonchev–Trinajstić information content (AvgIpc) is 2.78. The second-order valence-corrected chi connectivity index (χ2v) is 7.73. The molecule has 3 rings (SSSR count). The molecule has 0 radical (unpaired) electrons. The van der Waals surface area contributed by atoms with Crippen molar-refractivity contribution in [2.24, 2.45) is 0 Å². The molecule has 3 aromatic rings. The molecule has 0 aliphatic rings. The molecule has 1 N–H and O–H groups in total. The minimum absolute atomic E-state index is 0. The Morgan fingerprint density at radius 2 is 1.73 bits per heavy atom. The summed E-state index contributed by atoms with van der Waals surface area (Å²) in [5.74, 6) is -1.26. The summed E-state index contributed by atoms with van der Waals surface area (Å²) in [6.45, 7) is 0. The minimum atomic E-state index is -1.40. The van der Waals surface area contributed by atoms with Gasteiger partial charge in [0.1, 0.15) is 5.82 Å². The molecular weight excluding hydrogens is 472 g/mol. The van der Waals surface area contributed by atoms with E-state index in [-0.39, 0.29) is 51.6 Å². The van der Waals surface area contributed by atoms with Crippen LogP contribution in [-0.4, -0.2) is 29.9 Å². The van der Waals surface area contributed by atoms with Crippen molar-refractivity contribution in [3.05, 3.63) is 94.1 Å². The third kappa shape index (κ3) is 7.32. The second-order valence-electron chi connectivity index (χ2n) is 6.92. The topological polar surface area (TPSA) is 85.4 Å². The SMILES string of the molecule is CN(c1ccc(/C=C/CC(NC(=O)c2c(Cl)cccc2Cl)C(=O)[O-])cc1)c1ccccn1.[Na+]. The molecule has 1 amide bonds. The van der Waals surface area contributed by atoms with Crippen LogP contribution in [0.3, 0.4) is 0 Å². The van der Waals surface area contributed by atoms with Gasteiger partial charge in [-0.3, -0.25) is 4.79 Å². The number of rotatable bonds is 8. The van der Waals surface area contributed by atoms with E-state index >= 15 is 0 Å².